The molecule has 34 heavy (non-hydrogen) atoms. The van der Waals surface area contributed by atoms with Crippen molar-refractivity contribution in [1.29, 1.82) is 0 Å². The van der Waals surface area contributed by atoms with Gasteiger partial charge in [0.15, 0.2) is 11.0 Å². The molecule has 180 valence electrons. The Kier molecular flexibility index (Phi) is 6.08. The van der Waals surface area contributed by atoms with Crippen LogP contribution in [0.1, 0.15) is 33.1 Å². The highest BCUT2D eigenvalue weighted by atomic mass is 35.5. The number of aliphatic hydroxyl groups is 1. The number of fused-ring (bicyclic) bond motifs is 1. The third-order valence-corrected chi connectivity index (χ3v) is 7.31. The summed E-state index contributed by atoms with van der Waals surface area (Å²) in [5.74, 6) is 2.05. The van der Waals surface area contributed by atoms with Crippen molar-refractivity contribution in [2.24, 2.45) is 5.41 Å². The van der Waals surface area contributed by atoms with Crippen LogP contribution in [0.5, 0.6) is 5.75 Å². The molecule has 1 spiro atoms. The van der Waals surface area contributed by atoms with Gasteiger partial charge in [-0.2, -0.15) is 0 Å². The van der Waals surface area contributed by atoms with Gasteiger partial charge in [-0.15, -0.1) is 0 Å². The van der Waals surface area contributed by atoms with Gasteiger partial charge in [-0.3, -0.25) is 9.88 Å². The van der Waals surface area contributed by atoms with Crippen molar-refractivity contribution in [3.63, 3.8) is 0 Å². The molecule has 2 fully saturated rings. The van der Waals surface area contributed by atoms with Crippen LogP contribution in [-0.2, 0) is 0 Å². The van der Waals surface area contributed by atoms with E-state index < -0.39 is 5.60 Å². The largest absolute Gasteiger partial charge is 0.494 e. The van der Waals surface area contributed by atoms with Gasteiger partial charge in [0.05, 0.1) is 24.3 Å². The van der Waals surface area contributed by atoms with Crippen LogP contribution in [0, 0.1) is 5.41 Å². The number of pyridine rings is 2. The Labute approximate surface area is 205 Å². The van der Waals surface area contributed by atoms with Gasteiger partial charge in [-0.1, -0.05) is 11.6 Å². The third kappa shape index (κ3) is 4.54. The van der Waals surface area contributed by atoms with Crippen LogP contribution in [0.4, 0.5) is 5.82 Å². The van der Waals surface area contributed by atoms with E-state index in [9.17, 15) is 5.11 Å². The summed E-state index contributed by atoms with van der Waals surface area (Å²) in [6.45, 7) is 8.34. The summed E-state index contributed by atoms with van der Waals surface area (Å²) < 4.78 is 5.65. The zero-order chi connectivity index (χ0) is 23.9. The Morgan fingerprint density at radius 1 is 1.12 bits per heavy atom. The van der Waals surface area contributed by atoms with Gasteiger partial charge in [-0.25, -0.2) is 15.0 Å². The number of anilines is 1. The Hall–Kier alpha value is -2.55. The normalized spacial score (nSPS) is 18.7. The summed E-state index contributed by atoms with van der Waals surface area (Å²) in [7, 11) is 1.63. The lowest BCUT2D eigenvalue weighted by Gasteiger charge is -2.40. The summed E-state index contributed by atoms with van der Waals surface area (Å²) in [6, 6.07) is 3.79. The van der Waals surface area contributed by atoms with Crippen molar-refractivity contribution in [3.05, 3.63) is 35.9 Å². The van der Waals surface area contributed by atoms with Gasteiger partial charge in [-0.05, 0) is 57.2 Å². The Morgan fingerprint density at radius 3 is 2.50 bits per heavy atom. The number of halogens is 1. The number of ether oxygens (including phenoxy) is 1. The van der Waals surface area contributed by atoms with Gasteiger partial charge in [0, 0.05) is 44.1 Å². The van der Waals surface area contributed by atoms with Gasteiger partial charge in [0.1, 0.15) is 17.1 Å². The minimum atomic E-state index is -0.667. The molecule has 0 aromatic carbocycles. The van der Waals surface area contributed by atoms with Crippen LogP contribution in [-0.4, -0.2) is 75.4 Å². The zero-order valence-electron chi connectivity index (χ0n) is 20.0. The molecule has 2 saturated heterocycles. The van der Waals surface area contributed by atoms with Crippen LogP contribution >= 0.6 is 11.6 Å². The number of hydrogen-bond acceptors (Lipinski definition) is 8. The highest BCUT2D eigenvalue weighted by Crippen LogP contribution is 2.44. The van der Waals surface area contributed by atoms with E-state index in [0.717, 1.165) is 55.8 Å². The molecule has 0 saturated carbocycles. The van der Waals surface area contributed by atoms with Gasteiger partial charge in [0.2, 0.25) is 0 Å². The first-order valence-electron chi connectivity index (χ1n) is 11.8. The molecule has 0 atom stereocenters. The van der Waals surface area contributed by atoms with E-state index in [-0.39, 0.29) is 0 Å². The second kappa shape index (κ2) is 8.91. The Balaban J connectivity index is 1.47. The van der Waals surface area contributed by atoms with E-state index in [2.05, 4.69) is 19.8 Å². The van der Waals surface area contributed by atoms with Crippen molar-refractivity contribution in [1.82, 2.24) is 24.8 Å². The first-order chi connectivity index (χ1) is 16.3. The monoisotopic (exact) mass is 482 g/mol. The summed E-state index contributed by atoms with van der Waals surface area (Å²) in [6.07, 6.45) is 8.43. The number of β-amino-alcohol motifs (C(OH)–C–C–N with tert-alkyl or cyclic N) is 1. The van der Waals surface area contributed by atoms with E-state index in [0.29, 0.717) is 34.2 Å². The molecule has 5 heterocycles. The number of rotatable bonds is 5. The highest BCUT2D eigenvalue weighted by molar-refractivity contribution is 6.34. The predicted octanol–water partition coefficient (Wildman–Crippen LogP) is 3.81. The van der Waals surface area contributed by atoms with Crippen LogP contribution < -0.4 is 9.64 Å². The maximum absolute atomic E-state index is 10.3. The van der Waals surface area contributed by atoms with Crippen LogP contribution in [0.25, 0.3) is 22.3 Å². The fourth-order valence-corrected chi connectivity index (χ4v) is 5.58. The molecule has 5 rings (SSSR count). The van der Waals surface area contributed by atoms with Gasteiger partial charge in [0.25, 0.3) is 0 Å². The molecule has 0 aliphatic carbocycles. The number of hydrogen-bond donors (Lipinski definition) is 1. The number of piperidine rings is 1. The smallest absolute Gasteiger partial charge is 0.162 e. The molecule has 8 nitrogen and oxygen atoms in total. The lowest BCUT2D eigenvalue weighted by molar-refractivity contribution is 0.0390. The van der Waals surface area contributed by atoms with E-state index >= 15 is 0 Å². The number of likely N-dealkylation sites (tertiary alicyclic amines) is 1. The highest BCUT2D eigenvalue weighted by Gasteiger charge is 2.42. The molecule has 0 unspecified atom stereocenters. The lowest BCUT2D eigenvalue weighted by Crippen LogP contribution is -2.43. The number of methoxy groups -OCH3 is 1. The quantitative estimate of drug-likeness (QED) is 0.549. The molecule has 0 radical (unpaired) electrons. The number of aromatic nitrogens is 4. The molecule has 1 N–H and O–H groups in total. The second-order valence-corrected chi connectivity index (χ2v) is 10.6. The van der Waals surface area contributed by atoms with Crippen molar-refractivity contribution >= 4 is 28.3 Å². The molecular formula is C25H31ClN6O2. The van der Waals surface area contributed by atoms with Gasteiger partial charge >= 0.3 is 0 Å². The topological polar surface area (TPSA) is 87.5 Å². The summed E-state index contributed by atoms with van der Waals surface area (Å²) in [5.41, 5.74) is 1.10. The maximum Gasteiger partial charge on any atom is 0.162 e. The zero-order valence-corrected chi connectivity index (χ0v) is 20.7. The van der Waals surface area contributed by atoms with Crippen LogP contribution in [0.3, 0.4) is 0 Å². The molecule has 2 aliphatic rings. The molecule has 3 aromatic rings. The van der Waals surface area contributed by atoms with Crippen molar-refractivity contribution in [3.8, 4) is 17.1 Å². The SMILES string of the molecule is COc1cnc(Cl)c2nc(-c3ccncc3)nc(N3CCC4(CCN(CC(C)(C)O)C4)CC3)c12. The Morgan fingerprint density at radius 2 is 1.82 bits per heavy atom. The maximum atomic E-state index is 10.3. The van der Waals surface area contributed by atoms with Crippen molar-refractivity contribution in [2.75, 3.05) is 44.7 Å². The van der Waals surface area contributed by atoms with Crippen LogP contribution in [0.15, 0.2) is 30.7 Å². The lowest BCUT2D eigenvalue weighted by atomic mass is 9.77. The predicted molar refractivity (Wildman–Crippen MR) is 133 cm³/mol. The van der Waals surface area contributed by atoms with E-state index in [1.165, 1.54) is 6.42 Å². The van der Waals surface area contributed by atoms with Crippen LogP contribution in [0.2, 0.25) is 5.15 Å². The molecule has 2 aliphatic heterocycles. The number of nitrogens with zero attached hydrogens (tertiary/aromatic N) is 6. The summed E-state index contributed by atoms with van der Waals surface area (Å²) in [4.78, 5) is 22.9. The molecule has 0 bridgehead atoms. The average molecular weight is 483 g/mol. The van der Waals surface area contributed by atoms with E-state index in [1.807, 2.05) is 26.0 Å². The molecule has 9 heteroatoms. The van der Waals surface area contributed by atoms with Gasteiger partial charge < -0.3 is 14.7 Å². The minimum Gasteiger partial charge on any atom is -0.494 e. The summed E-state index contributed by atoms with van der Waals surface area (Å²) >= 11 is 6.51. The average Bonchev–Trinajstić information content (AvgIpc) is 3.20. The van der Waals surface area contributed by atoms with Crippen molar-refractivity contribution < 1.29 is 9.84 Å². The standard InChI is InChI=1S/C25H31ClN6O2/c1-24(2,33)15-31-11-6-25(16-31)7-12-32(13-8-25)23-19-18(34-3)14-28-21(26)20(19)29-22(30-23)17-4-9-27-10-5-17/h4-5,9-10,14,33H,6-8,11-13,15-16H2,1-3H3. The molecular weight excluding hydrogens is 452 g/mol. The minimum absolute atomic E-state index is 0.293. The first-order valence-corrected chi connectivity index (χ1v) is 12.2. The Bertz CT molecular complexity index is 1180. The van der Waals surface area contributed by atoms with E-state index in [1.54, 1.807) is 25.7 Å². The van der Waals surface area contributed by atoms with Crippen molar-refractivity contribution in [2.45, 2.75) is 38.7 Å². The molecule has 3 aromatic heterocycles. The summed E-state index contributed by atoms with van der Waals surface area (Å²) in [5, 5.41) is 11.4. The third-order valence-electron chi connectivity index (χ3n) is 7.04. The second-order valence-electron chi connectivity index (χ2n) is 10.2. The molecule has 0 amide bonds. The fourth-order valence-electron chi connectivity index (χ4n) is 5.39. The van der Waals surface area contributed by atoms with E-state index in [4.69, 9.17) is 26.3 Å². The fraction of sp³-hybridized carbons (Fsp3) is 0.520. The first kappa shape index (κ1) is 23.2.